The molecule has 1 rings (SSSR count). The molecule has 1 aromatic carbocycles. The van der Waals surface area contributed by atoms with E-state index in [2.05, 4.69) is 10.6 Å². The van der Waals surface area contributed by atoms with E-state index in [0.717, 1.165) is 0 Å². The number of hydrogen-bond donors (Lipinski definition) is 2. The average Bonchev–Trinajstić information content (AvgIpc) is 2.25. The summed E-state index contributed by atoms with van der Waals surface area (Å²) in [4.78, 5) is 24.1. The molecule has 4 heteroatoms. The summed E-state index contributed by atoms with van der Waals surface area (Å²) in [5, 5.41) is 5.65. The van der Waals surface area contributed by atoms with Crippen molar-refractivity contribution < 1.29 is 9.59 Å². The fourth-order valence-electron chi connectivity index (χ4n) is 1.81. The first-order chi connectivity index (χ1) is 9.19. The molecule has 110 valence electrons. The second-order valence-electron chi connectivity index (χ2n) is 6.46. The van der Waals surface area contributed by atoms with Gasteiger partial charge < -0.3 is 10.6 Å². The van der Waals surface area contributed by atoms with Crippen molar-refractivity contribution >= 4 is 17.5 Å². The Morgan fingerprint density at radius 3 is 2.30 bits per heavy atom. The summed E-state index contributed by atoms with van der Waals surface area (Å²) in [6.07, 6.45) is 0.410. The van der Waals surface area contributed by atoms with Crippen molar-refractivity contribution in [3.63, 3.8) is 0 Å². The van der Waals surface area contributed by atoms with Crippen LogP contribution in [0, 0.1) is 5.41 Å². The average molecular weight is 276 g/mol. The number of carbonyl (C=O) groups is 2. The van der Waals surface area contributed by atoms with Gasteiger partial charge in [0.2, 0.25) is 5.91 Å². The molecule has 0 unspecified atom stereocenters. The Kier molecular flexibility index (Phi) is 5.31. The van der Waals surface area contributed by atoms with Gasteiger partial charge >= 0.3 is 0 Å². The standard InChI is InChI=1S/C16H24N2O2/c1-11(2)17-15(20)12-8-6-7-9-13(12)18-14(19)10-16(3,4)5/h6-9,11H,10H2,1-5H3,(H,17,20)(H,18,19). The number of para-hydroxylation sites is 1. The molecule has 20 heavy (non-hydrogen) atoms. The molecule has 0 spiro atoms. The molecule has 0 fully saturated rings. The minimum absolute atomic E-state index is 0.0563. The van der Waals surface area contributed by atoms with Gasteiger partial charge in [-0.25, -0.2) is 0 Å². The van der Waals surface area contributed by atoms with Gasteiger partial charge in [0.25, 0.3) is 5.91 Å². The van der Waals surface area contributed by atoms with E-state index in [4.69, 9.17) is 0 Å². The highest BCUT2D eigenvalue weighted by Gasteiger charge is 2.18. The molecule has 4 nitrogen and oxygen atoms in total. The number of rotatable bonds is 4. The van der Waals surface area contributed by atoms with Gasteiger partial charge in [0, 0.05) is 12.5 Å². The highest BCUT2D eigenvalue weighted by molar-refractivity contribution is 6.03. The SMILES string of the molecule is CC(C)NC(=O)c1ccccc1NC(=O)CC(C)(C)C. The first kappa shape index (κ1) is 16.2. The molecule has 0 saturated carbocycles. The Hall–Kier alpha value is -1.84. The number of nitrogens with one attached hydrogen (secondary N) is 2. The van der Waals surface area contributed by atoms with Crippen molar-refractivity contribution in [1.29, 1.82) is 0 Å². The van der Waals surface area contributed by atoms with Gasteiger partial charge in [-0.05, 0) is 31.4 Å². The van der Waals surface area contributed by atoms with Gasteiger partial charge in [0.1, 0.15) is 0 Å². The van der Waals surface area contributed by atoms with Gasteiger partial charge in [-0.15, -0.1) is 0 Å². The molecule has 0 aliphatic rings. The number of benzene rings is 1. The Bertz CT molecular complexity index is 487. The molecule has 2 N–H and O–H groups in total. The molecule has 0 aliphatic carbocycles. The summed E-state index contributed by atoms with van der Waals surface area (Å²) in [5.74, 6) is -0.256. The molecule has 0 saturated heterocycles. The molecule has 0 bridgehead atoms. The van der Waals surface area contributed by atoms with Gasteiger partial charge in [0.15, 0.2) is 0 Å². The van der Waals surface area contributed by atoms with Crippen molar-refractivity contribution in [2.45, 2.75) is 47.1 Å². The van der Waals surface area contributed by atoms with Crippen LogP contribution in [0.2, 0.25) is 0 Å². The maximum Gasteiger partial charge on any atom is 0.253 e. The van der Waals surface area contributed by atoms with E-state index in [1.54, 1.807) is 24.3 Å². The minimum atomic E-state index is -0.174. The number of anilines is 1. The Morgan fingerprint density at radius 2 is 1.75 bits per heavy atom. The molecule has 0 aromatic heterocycles. The predicted octanol–water partition coefficient (Wildman–Crippen LogP) is 3.20. The maximum atomic E-state index is 12.1. The number of carbonyl (C=O) groups excluding carboxylic acids is 2. The number of amides is 2. The molecule has 0 atom stereocenters. The zero-order valence-corrected chi connectivity index (χ0v) is 12.9. The predicted molar refractivity (Wildman–Crippen MR) is 81.7 cm³/mol. The van der Waals surface area contributed by atoms with Crippen LogP contribution >= 0.6 is 0 Å². The van der Waals surface area contributed by atoms with E-state index in [9.17, 15) is 9.59 Å². The first-order valence-corrected chi connectivity index (χ1v) is 6.89. The lowest BCUT2D eigenvalue weighted by Crippen LogP contribution is -2.31. The van der Waals surface area contributed by atoms with Gasteiger partial charge in [-0.1, -0.05) is 32.9 Å². The minimum Gasteiger partial charge on any atom is -0.350 e. The summed E-state index contributed by atoms with van der Waals surface area (Å²) < 4.78 is 0. The van der Waals surface area contributed by atoms with E-state index < -0.39 is 0 Å². The lowest BCUT2D eigenvalue weighted by Gasteiger charge is -2.18. The van der Waals surface area contributed by atoms with Crippen molar-refractivity contribution in [2.75, 3.05) is 5.32 Å². The van der Waals surface area contributed by atoms with Gasteiger partial charge in [0.05, 0.1) is 11.3 Å². The zero-order chi connectivity index (χ0) is 15.3. The van der Waals surface area contributed by atoms with Crippen molar-refractivity contribution in [3.05, 3.63) is 29.8 Å². The summed E-state index contributed by atoms with van der Waals surface area (Å²) in [7, 11) is 0. The summed E-state index contributed by atoms with van der Waals surface area (Å²) in [6.45, 7) is 9.81. The van der Waals surface area contributed by atoms with Crippen LogP contribution in [0.1, 0.15) is 51.4 Å². The molecule has 0 heterocycles. The quantitative estimate of drug-likeness (QED) is 0.887. The molecule has 0 aliphatic heterocycles. The third-order valence-corrected chi connectivity index (χ3v) is 2.56. The van der Waals surface area contributed by atoms with Gasteiger partial charge in [-0.2, -0.15) is 0 Å². The van der Waals surface area contributed by atoms with E-state index in [0.29, 0.717) is 17.7 Å². The van der Waals surface area contributed by atoms with Gasteiger partial charge in [-0.3, -0.25) is 9.59 Å². The zero-order valence-electron chi connectivity index (χ0n) is 12.9. The lowest BCUT2D eigenvalue weighted by atomic mass is 9.92. The van der Waals surface area contributed by atoms with Crippen LogP contribution < -0.4 is 10.6 Å². The lowest BCUT2D eigenvalue weighted by molar-refractivity contribution is -0.117. The van der Waals surface area contributed by atoms with Crippen molar-refractivity contribution in [3.8, 4) is 0 Å². The first-order valence-electron chi connectivity index (χ1n) is 6.89. The Labute approximate surface area is 121 Å². The van der Waals surface area contributed by atoms with Crippen LogP contribution in [-0.2, 0) is 4.79 Å². The van der Waals surface area contributed by atoms with Crippen molar-refractivity contribution in [2.24, 2.45) is 5.41 Å². The fourth-order valence-corrected chi connectivity index (χ4v) is 1.81. The fraction of sp³-hybridized carbons (Fsp3) is 0.500. The highest BCUT2D eigenvalue weighted by atomic mass is 16.2. The number of hydrogen-bond acceptors (Lipinski definition) is 2. The van der Waals surface area contributed by atoms with Crippen LogP contribution in [0.25, 0.3) is 0 Å². The van der Waals surface area contributed by atoms with Crippen LogP contribution in [0.3, 0.4) is 0 Å². The van der Waals surface area contributed by atoms with E-state index in [-0.39, 0.29) is 23.3 Å². The van der Waals surface area contributed by atoms with Crippen LogP contribution in [0.5, 0.6) is 0 Å². The van der Waals surface area contributed by atoms with Crippen LogP contribution in [-0.4, -0.2) is 17.9 Å². The second kappa shape index (κ2) is 6.55. The summed E-state index contributed by atoms with van der Waals surface area (Å²) >= 11 is 0. The van der Waals surface area contributed by atoms with Crippen LogP contribution in [0.15, 0.2) is 24.3 Å². The topological polar surface area (TPSA) is 58.2 Å². The smallest absolute Gasteiger partial charge is 0.253 e. The van der Waals surface area contributed by atoms with E-state index in [1.807, 2.05) is 34.6 Å². The molecule has 1 aromatic rings. The third kappa shape index (κ3) is 5.43. The van der Waals surface area contributed by atoms with E-state index in [1.165, 1.54) is 0 Å². The Morgan fingerprint density at radius 1 is 1.15 bits per heavy atom. The highest BCUT2D eigenvalue weighted by Crippen LogP contribution is 2.21. The molecular formula is C16H24N2O2. The van der Waals surface area contributed by atoms with E-state index >= 15 is 0 Å². The maximum absolute atomic E-state index is 12.1. The monoisotopic (exact) mass is 276 g/mol. The van der Waals surface area contributed by atoms with Crippen LogP contribution in [0.4, 0.5) is 5.69 Å². The largest absolute Gasteiger partial charge is 0.350 e. The van der Waals surface area contributed by atoms with Crippen molar-refractivity contribution in [1.82, 2.24) is 5.32 Å². The summed E-state index contributed by atoms with van der Waals surface area (Å²) in [5.41, 5.74) is 0.961. The Balaban J connectivity index is 2.86. The molecule has 0 radical (unpaired) electrons. The molecular weight excluding hydrogens is 252 g/mol. The summed E-state index contributed by atoms with van der Waals surface area (Å²) in [6, 6.07) is 7.11. The normalized spacial score (nSPS) is 11.3. The molecule has 2 amide bonds. The second-order valence-corrected chi connectivity index (χ2v) is 6.46. The third-order valence-electron chi connectivity index (χ3n) is 2.56.